The van der Waals surface area contributed by atoms with Gasteiger partial charge in [-0.1, -0.05) is 0 Å². The minimum absolute atomic E-state index is 0.0741. The van der Waals surface area contributed by atoms with Crippen molar-refractivity contribution in [1.82, 2.24) is 0 Å². The van der Waals surface area contributed by atoms with E-state index in [1.807, 2.05) is 0 Å². The fourth-order valence-corrected chi connectivity index (χ4v) is 2.57. The van der Waals surface area contributed by atoms with Crippen LogP contribution in [0.2, 0.25) is 0 Å². The molecule has 6 nitrogen and oxygen atoms in total. The molecule has 3 N–H and O–H groups in total. The van der Waals surface area contributed by atoms with E-state index in [0.717, 1.165) is 12.8 Å². The molecule has 0 bridgehead atoms. The molecule has 2 aromatic rings. The predicted molar refractivity (Wildman–Crippen MR) is 95.1 cm³/mol. The van der Waals surface area contributed by atoms with Crippen molar-refractivity contribution in [2.75, 3.05) is 17.2 Å². The molecule has 2 aromatic carbocycles. The quantitative estimate of drug-likeness (QED) is 0.785. The number of anilines is 2. The van der Waals surface area contributed by atoms with Crippen LogP contribution in [-0.4, -0.2) is 23.5 Å². The lowest BCUT2D eigenvalue weighted by Crippen LogP contribution is -2.30. The van der Waals surface area contributed by atoms with Crippen molar-refractivity contribution in [2.45, 2.75) is 19.8 Å². The monoisotopic (exact) mass is 340 g/mol. The Hall–Kier alpha value is -3.02. The molecule has 0 spiro atoms. The van der Waals surface area contributed by atoms with Gasteiger partial charge in [0.2, 0.25) is 5.91 Å². The Morgan fingerprint density at radius 2 is 1.84 bits per heavy atom. The normalized spacial score (nSPS) is 13.3. The van der Waals surface area contributed by atoms with Crippen LogP contribution < -0.4 is 15.4 Å². The molecule has 0 aliphatic heterocycles. The summed E-state index contributed by atoms with van der Waals surface area (Å²) in [6.45, 7) is 2.08. The second-order valence-electron chi connectivity index (χ2n) is 6.26. The number of nitrogens with zero attached hydrogens (tertiary/aromatic N) is 1. The summed E-state index contributed by atoms with van der Waals surface area (Å²) in [6.07, 6.45) is 2.19. The highest BCUT2D eigenvalue weighted by Crippen LogP contribution is 2.34. The number of rotatable bonds is 6. The van der Waals surface area contributed by atoms with E-state index in [0.29, 0.717) is 35.3 Å². The van der Waals surface area contributed by atoms with Crippen LogP contribution in [0.3, 0.4) is 0 Å². The third kappa shape index (κ3) is 4.29. The van der Waals surface area contributed by atoms with Crippen molar-refractivity contribution in [3.63, 3.8) is 0 Å². The molecule has 3 rings (SSSR count). The molecular formula is C19H20N2O4. The topological polar surface area (TPSA) is 92.9 Å². The van der Waals surface area contributed by atoms with Gasteiger partial charge in [0.25, 0.3) is 0 Å². The number of carboxylic acids is 1. The van der Waals surface area contributed by atoms with Crippen molar-refractivity contribution in [2.24, 2.45) is 5.92 Å². The molecule has 0 unspecified atom stereocenters. The Morgan fingerprint density at radius 1 is 1.16 bits per heavy atom. The Labute approximate surface area is 145 Å². The zero-order valence-corrected chi connectivity index (χ0v) is 13.9. The lowest BCUT2D eigenvalue weighted by atomic mass is 10.1. The third-order valence-electron chi connectivity index (χ3n) is 4.08. The first-order chi connectivity index (χ1) is 11.9. The summed E-state index contributed by atoms with van der Waals surface area (Å²) < 4.78 is 5.76. The summed E-state index contributed by atoms with van der Waals surface area (Å²) in [5.41, 5.74) is 6.87. The summed E-state index contributed by atoms with van der Waals surface area (Å²) >= 11 is 0. The Balaban J connectivity index is 1.94. The Kier molecular flexibility index (Phi) is 4.61. The standard InChI is InChI=1S/C19H20N2O4/c1-12(22)21(11-13-2-3-13)16-8-14(19(23)24)9-18(10-16)25-17-6-4-15(20)5-7-17/h4-10,13H,2-3,11,20H2,1H3,(H,23,24). The number of carbonyl (C=O) groups excluding carboxylic acids is 1. The van der Waals surface area contributed by atoms with Gasteiger partial charge >= 0.3 is 5.97 Å². The molecule has 1 fully saturated rings. The number of nitrogens with two attached hydrogens (primary N) is 1. The molecule has 1 aliphatic rings. The van der Waals surface area contributed by atoms with E-state index in [1.165, 1.54) is 19.1 Å². The first kappa shape index (κ1) is 16.8. The lowest BCUT2D eigenvalue weighted by molar-refractivity contribution is -0.116. The van der Waals surface area contributed by atoms with Gasteiger partial charge in [0, 0.05) is 30.9 Å². The highest BCUT2D eigenvalue weighted by Gasteiger charge is 2.27. The number of nitrogen functional groups attached to an aromatic ring is 1. The number of aromatic carboxylic acids is 1. The number of hydrogen-bond acceptors (Lipinski definition) is 4. The molecule has 6 heteroatoms. The maximum atomic E-state index is 12.0. The average Bonchev–Trinajstić information content (AvgIpc) is 3.38. The van der Waals surface area contributed by atoms with Crippen molar-refractivity contribution in [3.05, 3.63) is 48.0 Å². The molecule has 0 aromatic heterocycles. The highest BCUT2D eigenvalue weighted by atomic mass is 16.5. The molecule has 0 radical (unpaired) electrons. The van der Waals surface area contributed by atoms with Crippen molar-refractivity contribution >= 4 is 23.3 Å². The van der Waals surface area contributed by atoms with Crippen LogP contribution in [-0.2, 0) is 4.79 Å². The number of hydrogen-bond donors (Lipinski definition) is 2. The van der Waals surface area contributed by atoms with Crippen LogP contribution in [0.15, 0.2) is 42.5 Å². The highest BCUT2D eigenvalue weighted by molar-refractivity contribution is 5.95. The SMILES string of the molecule is CC(=O)N(CC1CC1)c1cc(Oc2ccc(N)cc2)cc(C(=O)O)c1. The molecular weight excluding hydrogens is 320 g/mol. The second-order valence-corrected chi connectivity index (χ2v) is 6.26. The van der Waals surface area contributed by atoms with E-state index in [4.69, 9.17) is 10.5 Å². The van der Waals surface area contributed by atoms with E-state index in [-0.39, 0.29) is 11.5 Å². The number of carboxylic acid groups (broad SMARTS) is 1. The van der Waals surface area contributed by atoms with Gasteiger partial charge in [0.05, 0.1) is 5.56 Å². The van der Waals surface area contributed by atoms with E-state index in [1.54, 1.807) is 35.2 Å². The second kappa shape index (κ2) is 6.84. The molecule has 1 saturated carbocycles. The fraction of sp³-hybridized carbons (Fsp3) is 0.263. The summed E-state index contributed by atoms with van der Waals surface area (Å²) in [4.78, 5) is 25.1. The van der Waals surface area contributed by atoms with Gasteiger partial charge in [-0.05, 0) is 55.2 Å². The minimum atomic E-state index is -1.07. The minimum Gasteiger partial charge on any atom is -0.478 e. The van der Waals surface area contributed by atoms with Gasteiger partial charge in [0.1, 0.15) is 11.5 Å². The molecule has 0 heterocycles. The largest absolute Gasteiger partial charge is 0.478 e. The Morgan fingerprint density at radius 3 is 2.40 bits per heavy atom. The molecule has 25 heavy (non-hydrogen) atoms. The smallest absolute Gasteiger partial charge is 0.335 e. The Bertz CT molecular complexity index is 798. The molecule has 1 aliphatic carbocycles. The van der Waals surface area contributed by atoms with E-state index in [9.17, 15) is 14.7 Å². The van der Waals surface area contributed by atoms with Gasteiger partial charge < -0.3 is 20.5 Å². The molecule has 1 amide bonds. The fourth-order valence-electron chi connectivity index (χ4n) is 2.57. The number of amides is 1. The van der Waals surface area contributed by atoms with Gasteiger partial charge in [-0.25, -0.2) is 4.79 Å². The van der Waals surface area contributed by atoms with Crippen LogP contribution in [0.1, 0.15) is 30.1 Å². The van der Waals surface area contributed by atoms with Gasteiger partial charge in [-0.2, -0.15) is 0 Å². The average molecular weight is 340 g/mol. The number of benzene rings is 2. The summed E-state index contributed by atoms with van der Waals surface area (Å²) in [6, 6.07) is 11.4. The first-order valence-electron chi connectivity index (χ1n) is 8.12. The van der Waals surface area contributed by atoms with Crippen LogP contribution in [0.25, 0.3) is 0 Å². The molecule has 0 saturated heterocycles. The molecule has 0 atom stereocenters. The number of carbonyl (C=O) groups is 2. The maximum absolute atomic E-state index is 12.0. The first-order valence-corrected chi connectivity index (χ1v) is 8.12. The van der Waals surface area contributed by atoms with Crippen molar-refractivity contribution < 1.29 is 19.4 Å². The lowest BCUT2D eigenvalue weighted by Gasteiger charge is -2.22. The zero-order valence-electron chi connectivity index (χ0n) is 13.9. The van der Waals surface area contributed by atoms with Gasteiger partial charge in [-0.15, -0.1) is 0 Å². The summed E-state index contributed by atoms with van der Waals surface area (Å²) in [5.74, 6) is 0.201. The van der Waals surface area contributed by atoms with E-state index < -0.39 is 5.97 Å². The van der Waals surface area contributed by atoms with Crippen molar-refractivity contribution in [1.29, 1.82) is 0 Å². The predicted octanol–water partition coefficient (Wildman–Crippen LogP) is 3.52. The van der Waals surface area contributed by atoms with Crippen LogP contribution in [0.4, 0.5) is 11.4 Å². The zero-order chi connectivity index (χ0) is 18.0. The van der Waals surface area contributed by atoms with E-state index in [2.05, 4.69) is 0 Å². The van der Waals surface area contributed by atoms with E-state index >= 15 is 0 Å². The third-order valence-corrected chi connectivity index (χ3v) is 4.08. The summed E-state index contributed by atoms with van der Waals surface area (Å²) in [7, 11) is 0. The summed E-state index contributed by atoms with van der Waals surface area (Å²) in [5, 5.41) is 9.38. The maximum Gasteiger partial charge on any atom is 0.335 e. The van der Waals surface area contributed by atoms with Gasteiger partial charge in [-0.3, -0.25) is 4.79 Å². The van der Waals surface area contributed by atoms with Gasteiger partial charge in [0.15, 0.2) is 0 Å². The molecule has 130 valence electrons. The van der Waals surface area contributed by atoms with Crippen molar-refractivity contribution in [3.8, 4) is 11.5 Å². The van der Waals surface area contributed by atoms with Crippen LogP contribution >= 0.6 is 0 Å². The van der Waals surface area contributed by atoms with Crippen LogP contribution in [0.5, 0.6) is 11.5 Å². The van der Waals surface area contributed by atoms with Crippen LogP contribution in [0, 0.1) is 5.92 Å². The number of ether oxygens (including phenoxy) is 1.